The molecule has 0 aromatic heterocycles. The fraction of sp³-hybridized carbons (Fsp3) is 0.588. The lowest BCUT2D eigenvalue weighted by molar-refractivity contribution is -0.143. The highest BCUT2D eigenvalue weighted by Gasteiger charge is 2.49. The third kappa shape index (κ3) is 3.42. The summed E-state index contributed by atoms with van der Waals surface area (Å²) in [5, 5.41) is 0. The van der Waals surface area contributed by atoms with Crippen LogP contribution in [0.3, 0.4) is 0 Å². The maximum absolute atomic E-state index is 12.6. The minimum Gasteiger partial charge on any atom is -0.492 e. The Labute approximate surface area is 143 Å². The summed E-state index contributed by atoms with van der Waals surface area (Å²) in [5.41, 5.74) is -0.514. The lowest BCUT2D eigenvalue weighted by atomic mass is 9.78. The van der Waals surface area contributed by atoms with Crippen LogP contribution >= 0.6 is 0 Å². The van der Waals surface area contributed by atoms with Crippen LogP contribution in [0.4, 0.5) is 0 Å². The normalized spacial score (nSPS) is 25.4. The maximum atomic E-state index is 12.6. The zero-order valence-electron chi connectivity index (χ0n) is 14.0. The number of nitrogens with zero attached hydrogens (tertiary/aromatic N) is 2. The summed E-state index contributed by atoms with van der Waals surface area (Å²) in [4.78, 5) is 14.2. The molecule has 1 atom stereocenters. The van der Waals surface area contributed by atoms with E-state index in [9.17, 15) is 13.2 Å². The van der Waals surface area contributed by atoms with Crippen molar-refractivity contribution in [1.29, 1.82) is 0 Å². The molecule has 1 aromatic carbocycles. The number of carbonyl (C=O) groups is 1. The van der Waals surface area contributed by atoms with Gasteiger partial charge in [-0.15, -0.1) is 0 Å². The van der Waals surface area contributed by atoms with Crippen LogP contribution in [-0.2, 0) is 14.8 Å². The van der Waals surface area contributed by atoms with E-state index in [1.165, 1.54) is 4.31 Å². The molecule has 2 saturated heterocycles. The lowest BCUT2D eigenvalue weighted by Crippen LogP contribution is -2.48. The fourth-order valence-corrected chi connectivity index (χ4v) is 4.99. The molecule has 0 unspecified atom stereocenters. The van der Waals surface area contributed by atoms with E-state index in [1.54, 1.807) is 24.1 Å². The second kappa shape index (κ2) is 6.72. The number of sulfonamides is 1. The van der Waals surface area contributed by atoms with Gasteiger partial charge >= 0.3 is 0 Å². The van der Waals surface area contributed by atoms with Crippen molar-refractivity contribution in [2.45, 2.75) is 19.3 Å². The van der Waals surface area contributed by atoms with Gasteiger partial charge in [-0.2, -0.15) is 0 Å². The molecule has 1 aromatic rings. The fourth-order valence-electron chi connectivity index (χ4n) is 3.63. The SMILES string of the molecule is CN1CCC[C@]2(CCN(S(=O)(=O)CCOc3ccccc3)C2)C1=O. The number of piperidine rings is 1. The van der Waals surface area contributed by atoms with E-state index in [2.05, 4.69) is 0 Å². The highest BCUT2D eigenvalue weighted by Crippen LogP contribution is 2.40. The van der Waals surface area contributed by atoms with Gasteiger partial charge < -0.3 is 9.64 Å². The molecule has 2 aliphatic rings. The van der Waals surface area contributed by atoms with Gasteiger partial charge in [0.2, 0.25) is 15.9 Å². The lowest BCUT2D eigenvalue weighted by Gasteiger charge is -2.37. The first-order chi connectivity index (χ1) is 11.4. The van der Waals surface area contributed by atoms with Crippen molar-refractivity contribution >= 4 is 15.9 Å². The third-order valence-corrected chi connectivity index (χ3v) is 6.80. The number of hydrogen-bond donors (Lipinski definition) is 0. The standard InChI is InChI=1S/C17H24N2O4S/c1-18-10-5-8-17(16(18)20)9-11-19(14-17)24(21,22)13-12-23-15-6-3-2-4-7-15/h2-4,6-7H,5,8-14H2,1H3/t17-/m1/s1. The Balaban J connectivity index is 1.59. The Hall–Kier alpha value is -1.60. The van der Waals surface area contributed by atoms with Crippen molar-refractivity contribution in [3.05, 3.63) is 30.3 Å². The molecule has 6 nitrogen and oxygen atoms in total. The van der Waals surface area contributed by atoms with E-state index in [-0.39, 0.29) is 18.3 Å². The average Bonchev–Trinajstić information content (AvgIpc) is 3.00. The van der Waals surface area contributed by atoms with Gasteiger partial charge in [0.25, 0.3) is 0 Å². The van der Waals surface area contributed by atoms with E-state index in [0.717, 1.165) is 19.4 Å². The molecule has 2 heterocycles. The van der Waals surface area contributed by atoms with E-state index >= 15 is 0 Å². The van der Waals surface area contributed by atoms with Gasteiger partial charge in [-0.1, -0.05) is 18.2 Å². The van der Waals surface area contributed by atoms with Gasteiger partial charge in [0.05, 0.1) is 11.2 Å². The second-order valence-corrected chi connectivity index (χ2v) is 8.76. The molecule has 2 aliphatic heterocycles. The Morgan fingerprint density at radius 3 is 2.67 bits per heavy atom. The molecule has 0 radical (unpaired) electrons. The zero-order valence-corrected chi connectivity index (χ0v) is 14.8. The van der Waals surface area contributed by atoms with Gasteiger partial charge in [-0.05, 0) is 31.4 Å². The second-order valence-electron chi connectivity index (χ2n) is 6.67. The number of likely N-dealkylation sites (tertiary alicyclic amines) is 1. The summed E-state index contributed by atoms with van der Waals surface area (Å²) < 4.78 is 32.1. The molecule has 2 fully saturated rings. The third-order valence-electron chi connectivity index (χ3n) is 5.01. The number of amides is 1. The molecule has 24 heavy (non-hydrogen) atoms. The van der Waals surface area contributed by atoms with Gasteiger partial charge in [0, 0.05) is 26.7 Å². The summed E-state index contributed by atoms with van der Waals surface area (Å²) in [7, 11) is -1.61. The van der Waals surface area contributed by atoms with Crippen molar-refractivity contribution in [3.63, 3.8) is 0 Å². The maximum Gasteiger partial charge on any atom is 0.229 e. The van der Waals surface area contributed by atoms with Gasteiger partial charge in [-0.3, -0.25) is 4.79 Å². The monoisotopic (exact) mass is 352 g/mol. The smallest absolute Gasteiger partial charge is 0.229 e. The van der Waals surface area contributed by atoms with Crippen molar-refractivity contribution < 1.29 is 17.9 Å². The predicted molar refractivity (Wildman–Crippen MR) is 91.2 cm³/mol. The Bertz CT molecular complexity index is 692. The number of benzene rings is 1. The molecule has 0 bridgehead atoms. The zero-order chi connectivity index (χ0) is 17.2. The molecule has 0 aliphatic carbocycles. The molecular formula is C17H24N2O4S. The quantitative estimate of drug-likeness (QED) is 0.802. The van der Waals surface area contributed by atoms with E-state index in [0.29, 0.717) is 25.3 Å². The number of hydrogen-bond acceptors (Lipinski definition) is 4. The van der Waals surface area contributed by atoms with Gasteiger partial charge in [0.1, 0.15) is 12.4 Å². The molecule has 1 amide bonds. The minimum atomic E-state index is -3.41. The van der Waals surface area contributed by atoms with Crippen LogP contribution in [0.2, 0.25) is 0 Å². The van der Waals surface area contributed by atoms with Crippen LogP contribution in [0, 0.1) is 5.41 Å². The van der Waals surface area contributed by atoms with Crippen molar-refractivity contribution in [3.8, 4) is 5.75 Å². The van der Waals surface area contributed by atoms with E-state index < -0.39 is 15.4 Å². The molecular weight excluding hydrogens is 328 g/mol. The first-order valence-corrected chi connectivity index (χ1v) is 9.95. The van der Waals surface area contributed by atoms with Crippen LogP contribution in [0.15, 0.2) is 30.3 Å². The minimum absolute atomic E-state index is 0.0675. The first-order valence-electron chi connectivity index (χ1n) is 8.34. The van der Waals surface area contributed by atoms with Crippen LogP contribution in [0.25, 0.3) is 0 Å². The summed E-state index contributed by atoms with van der Waals surface area (Å²) in [6.07, 6.45) is 2.34. The van der Waals surface area contributed by atoms with Gasteiger partial charge in [-0.25, -0.2) is 12.7 Å². The summed E-state index contributed by atoms with van der Waals surface area (Å²) in [6, 6.07) is 9.17. The predicted octanol–water partition coefficient (Wildman–Crippen LogP) is 1.34. The Morgan fingerprint density at radius 1 is 1.17 bits per heavy atom. The number of para-hydroxylation sites is 1. The summed E-state index contributed by atoms with van der Waals surface area (Å²) in [6.45, 7) is 1.61. The molecule has 1 spiro atoms. The highest BCUT2D eigenvalue weighted by molar-refractivity contribution is 7.89. The number of carbonyl (C=O) groups excluding carboxylic acids is 1. The molecule has 0 N–H and O–H groups in total. The van der Waals surface area contributed by atoms with Crippen LogP contribution in [-0.4, -0.2) is 62.6 Å². The van der Waals surface area contributed by atoms with Crippen molar-refractivity contribution in [2.24, 2.45) is 5.41 Å². The molecule has 7 heteroatoms. The largest absolute Gasteiger partial charge is 0.492 e. The van der Waals surface area contributed by atoms with Crippen LogP contribution in [0.5, 0.6) is 5.75 Å². The summed E-state index contributed by atoms with van der Waals surface area (Å²) in [5.74, 6) is 0.684. The van der Waals surface area contributed by atoms with E-state index in [1.807, 2.05) is 18.2 Å². The van der Waals surface area contributed by atoms with Gasteiger partial charge in [0.15, 0.2) is 0 Å². The summed E-state index contributed by atoms with van der Waals surface area (Å²) >= 11 is 0. The number of ether oxygens (including phenoxy) is 1. The number of rotatable bonds is 5. The average molecular weight is 352 g/mol. The van der Waals surface area contributed by atoms with Crippen LogP contribution in [0.1, 0.15) is 19.3 Å². The van der Waals surface area contributed by atoms with Crippen molar-refractivity contribution in [1.82, 2.24) is 9.21 Å². The van der Waals surface area contributed by atoms with E-state index in [4.69, 9.17) is 4.74 Å². The Kier molecular flexibility index (Phi) is 4.83. The topological polar surface area (TPSA) is 66.9 Å². The van der Waals surface area contributed by atoms with Crippen molar-refractivity contribution in [2.75, 3.05) is 39.0 Å². The first kappa shape index (κ1) is 17.2. The van der Waals surface area contributed by atoms with Crippen LogP contribution < -0.4 is 4.74 Å². The molecule has 0 saturated carbocycles. The Morgan fingerprint density at radius 2 is 1.92 bits per heavy atom. The molecule has 132 valence electrons. The highest BCUT2D eigenvalue weighted by atomic mass is 32.2. The molecule has 3 rings (SSSR count).